The molecule has 2 rings (SSSR count). The van der Waals surface area contributed by atoms with Crippen LogP contribution in [0, 0.1) is 18.6 Å². The topological polar surface area (TPSA) is 20.2 Å². The number of aryl methyl sites for hydroxylation is 1. The van der Waals surface area contributed by atoms with Gasteiger partial charge in [-0.25, -0.2) is 8.78 Å². The van der Waals surface area contributed by atoms with E-state index in [1.54, 1.807) is 6.07 Å². The highest BCUT2D eigenvalue weighted by Gasteiger charge is 2.15. The van der Waals surface area contributed by atoms with Gasteiger partial charge in [-0.15, -0.1) is 0 Å². The second kappa shape index (κ2) is 5.16. The normalized spacial score (nSPS) is 12.5. The average Bonchev–Trinajstić information content (AvgIpc) is 2.35. The van der Waals surface area contributed by atoms with Crippen LogP contribution in [0.1, 0.15) is 22.8 Å². The Labute approximate surface area is 112 Å². The summed E-state index contributed by atoms with van der Waals surface area (Å²) in [5, 5.41) is 10.2. The van der Waals surface area contributed by atoms with E-state index in [1.165, 1.54) is 6.07 Å². The van der Waals surface area contributed by atoms with E-state index in [2.05, 4.69) is 15.9 Å². The molecule has 94 valence electrons. The number of aliphatic hydroxyl groups excluding tert-OH is 1. The fourth-order valence-corrected chi connectivity index (χ4v) is 2.15. The lowest BCUT2D eigenvalue weighted by Crippen LogP contribution is -2.03. The number of rotatable bonds is 2. The van der Waals surface area contributed by atoms with Crippen molar-refractivity contribution in [3.05, 3.63) is 69.2 Å². The summed E-state index contributed by atoms with van der Waals surface area (Å²) in [7, 11) is 0. The summed E-state index contributed by atoms with van der Waals surface area (Å²) in [5.74, 6) is -1.88. The number of halogens is 3. The molecule has 1 atom stereocenters. The van der Waals surface area contributed by atoms with Crippen molar-refractivity contribution in [1.29, 1.82) is 0 Å². The molecule has 0 bridgehead atoms. The van der Waals surface area contributed by atoms with E-state index in [1.807, 2.05) is 19.1 Å². The van der Waals surface area contributed by atoms with Gasteiger partial charge in [-0.1, -0.05) is 28.1 Å². The van der Waals surface area contributed by atoms with Crippen LogP contribution in [-0.2, 0) is 0 Å². The zero-order valence-electron chi connectivity index (χ0n) is 9.62. The molecule has 2 aromatic carbocycles. The summed E-state index contributed by atoms with van der Waals surface area (Å²) in [6.45, 7) is 1.85. The van der Waals surface area contributed by atoms with E-state index in [0.717, 1.165) is 22.2 Å². The van der Waals surface area contributed by atoms with Crippen LogP contribution in [-0.4, -0.2) is 5.11 Å². The molecule has 0 aromatic heterocycles. The zero-order valence-corrected chi connectivity index (χ0v) is 11.2. The van der Waals surface area contributed by atoms with Gasteiger partial charge in [0.25, 0.3) is 0 Å². The third-order valence-corrected chi connectivity index (χ3v) is 3.29. The van der Waals surface area contributed by atoms with E-state index < -0.39 is 17.7 Å². The van der Waals surface area contributed by atoms with Crippen LogP contribution in [0.2, 0.25) is 0 Å². The summed E-state index contributed by atoms with van der Waals surface area (Å²) in [4.78, 5) is 0. The first kappa shape index (κ1) is 13.2. The lowest BCUT2D eigenvalue weighted by atomic mass is 9.97. The van der Waals surface area contributed by atoms with Gasteiger partial charge in [-0.05, 0) is 47.9 Å². The van der Waals surface area contributed by atoms with Crippen molar-refractivity contribution < 1.29 is 13.9 Å². The van der Waals surface area contributed by atoms with Crippen LogP contribution in [0.4, 0.5) is 8.78 Å². The highest BCUT2D eigenvalue weighted by Crippen LogP contribution is 2.28. The minimum absolute atomic E-state index is 0.329. The van der Waals surface area contributed by atoms with E-state index in [9.17, 15) is 13.9 Å². The van der Waals surface area contributed by atoms with Crippen molar-refractivity contribution in [2.24, 2.45) is 0 Å². The molecule has 0 heterocycles. The monoisotopic (exact) mass is 312 g/mol. The van der Waals surface area contributed by atoms with Gasteiger partial charge in [-0.2, -0.15) is 0 Å². The minimum atomic E-state index is -0.974. The second-order valence-electron chi connectivity index (χ2n) is 4.08. The molecule has 0 amide bonds. The Morgan fingerprint density at radius 1 is 1.06 bits per heavy atom. The molecule has 0 aliphatic rings. The Morgan fingerprint density at radius 2 is 1.78 bits per heavy atom. The number of hydrogen-bond donors (Lipinski definition) is 1. The van der Waals surface area contributed by atoms with Gasteiger partial charge in [0.1, 0.15) is 6.10 Å². The fourth-order valence-electron chi connectivity index (χ4n) is 1.77. The summed E-state index contributed by atoms with van der Waals surface area (Å²) in [5.41, 5.74) is 1.88. The largest absolute Gasteiger partial charge is 0.384 e. The molecular weight excluding hydrogens is 302 g/mol. The molecule has 4 heteroatoms. The van der Waals surface area contributed by atoms with Crippen molar-refractivity contribution in [1.82, 2.24) is 0 Å². The molecule has 0 fully saturated rings. The molecular formula is C14H11BrF2O. The van der Waals surface area contributed by atoms with Crippen LogP contribution >= 0.6 is 15.9 Å². The highest BCUT2D eigenvalue weighted by molar-refractivity contribution is 9.10. The fraction of sp³-hybridized carbons (Fsp3) is 0.143. The number of hydrogen-bond acceptors (Lipinski definition) is 1. The summed E-state index contributed by atoms with van der Waals surface area (Å²) in [6.07, 6.45) is -0.974. The molecule has 18 heavy (non-hydrogen) atoms. The van der Waals surface area contributed by atoms with Crippen molar-refractivity contribution in [3.63, 3.8) is 0 Å². The lowest BCUT2D eigenvalue weighted by molar-refractivity contribution is 0.218. The SMILES string of the molecule is Cc1ccc(Br)cc1C(O)c1ccc(F)c(F)c1. The maximum absolute atomic E-state index is 13.1. The predicted octanol–water partition coefficient (Wildman–Crippen LogP) is 4.12. The maximum atomic E-state index is 13.1. The Hall–Kier alpha value is -1.26. The smallest absolute Gasteiger partial charge is 0.159 e. The lowest BCUT2D eigenvalue weighted by Gasteiger charge is -2.14. The van der Waals surface area contributed by atoms with Crippen LogP contribution < -0.4 is 0 Å². The van der Waals surface area contributed by atoms with Crippen molar-refractivity contribution >= 4 is 15.9 Å². The van der Waals surface area contributed by atoms with Gasteiger partial charge in [0.05, 0.1) is 0 Å². The Bertz CT molecular complexity index is 584. The van der Waals surface area contributed by atoms with Crippen molar-refractivity contribution in [2.75, 3.05) is 0 Å². The van der Waals surface area contributed by atoms with Crippen LogP contribution in [0.5, 0.6) is 0 Å². The van der Waals surface area contributed by atoms with E-state index in [0.29, 0.717) is 11.1 Å². The molecule has 0 spiro atoms. The van der Waals surface area contributed by atoms with Gasteiger partial charge in [0.15, 0.2) is 11.6 Å². The molecule has 0 radical (unpaired) electrons. The highest BCUT2D eigenvalue weighted by atomic mass is 79.9. The summed E-state index contributed by atoms with van der Waals surface area (Å²) >= 11 is 3.32. The number of benzene rings is 2. The molecule has 0 aliphatic heterocycles. The Morgan fingerprint density at radius 3 is 2.44 bits per heavy atom. The second-order valence-corrected chi connectivity index (χ2v) is 4.99. The summed E-state index contributed by atoms with van der Waals surface area (Å²) in [6, 6.07) is 8.88. The molecule has 0 saturated carbocycles. The first-order chi connectivity index (χ1) is 8.49. The zero-order chi connectivity index (χ0) is 13.3. The molecule has 1 nitrogen and oxygen atoms in total. The third-order valence-electron chi connectivity index (χ3n) is 2.80. The van der Waals surface area contributed by atoms with Crippen molar-refractivity contribution in [3.8, 4) is 0 Å². The molecule has 0 saturated heterocycles. The maximum Gasteiger partial charge on any atom is 0.159 e. The van der Waals surface area contributed by atoms with Gasteiger partial charge < -0.3 is 5.11 Å². The van der Waals surface area contributed by atoms with Crippen LogP contribution in [0.3, 0.4) is 0 Å². The van der Waals surface area contributed by atoms with E-state index in [4.69, 9.17) is 0 Å². The van der Waals surface area contributed by atoms with Crippen LogP contribution in [0.25, 0.3) is 0 Å². The van der Waals surface area contributed by atoms with E-state index in [-0.39, 0.29) is 0 Å². The third kappa shape index (κ3) is 2.60. The van der Waals surface area contributed by atoms with E-state index >= 15 is 0 Å². The first-order valence-electron chi connectivity index (χ1n) is 5.38. The quantitative estimate of drug-likeness (QED) is 0.884. The Kier molecular flexibility index (Phi) is 3.78. The Balaban J connectivity index is 2.44. The molecule has 1 unspecified atom stereocenters. The van der Waals surface area contributed by atoms with Crippen molar-refractivity contribution in [2.45, 2.75) is 13.0 Å². The first-order valence-corrected chi connectivity index (χ1v) is 6.17. The summed E-state index contributed by atoms with van der Waals surface area (Å²) < 4.78 is 26.8. The number of aliphatic hydroxyl groups is 1. The molecule has 1 N–H and O–H groups in total. The average molecular weight is 313 g/mol. The minimum Gasteiger partial charge on any atom is -0.384 e. The molecule has 0 aliphatic carbocycles. The standard InChI is InChI=1S/C14H11BrF2O/c1-8-2-4-10(15)7-11(8)14(18)9-3-5-12(16)13(17)6-9/h2-7,14,18H,1H3. The van der Waals surface area contributed by atoms with Gasteiger partial charge in [0, 0.05) is 4.47 Å². The van der Waals surface area contributed by atoms with Gasteiger partial charge in [0.2, 0.25) is 0 Å². The molecule has 2 aromatic rings. The van der Waals surface area contributed by atoms with Gasteiger partial charge in [-0.3, -0.25) is 0 Å². The predicted molar refractivity (Wildman–Crippen MR) is 69.3 cm³/mol. The van der Waals surface area contributed by atoms with Gasteiger partial charge >= 0.3 is 0 Å². The van der Waals surface area contributed by atoms with Crippen LogP contribution in [0.15, 0.2) is 40.9 Å².